The van der Waals surface area contributed by atoms with Crippen molar-refractivity contribution in [2.24, 2.45) is 0 Å². The lowest BCUT2D eigenvalue weighted by atomic mass is 10.2. The molecule has 1 atom stereocenters. The summed E-state index contributed by atoms with van der Waals surface area (Å²) in [5, 5.41) is 18.0. The van der Waals surface area contributed by atoms with Crippen LogP contribution in [-0.4, -0.2) is 48.5 Å². The van der Waals surface area contributed by atoms with E-state index in [1.54, 1.807) is 0 Å². The third kappa shape index (κ3) is 9.67. The predicted octanol–water partition coefficient (Wildman–Crippen LogP) is 1.01. The van der Waals surface area contributed by atoms with Gasteiger partial charge in [0, 0.05) is 19.5 Å². The molecular weight excluding hydrogens is 192 g/mol. The molecule has 0 aromatic rings. The molecule has 0 saturated heterocycles. The van der Waals surface area contributed by atoms with Crippen molar-refractivity contribution in [3.8, 4) is 6.07 Å². The molecule has 4 heteroatoms. The van der Waals surface area contributed by atoms with Gasteiger partial charge in [0.25, 0.3) is 0 Å². The molecule has 0 fully saturated rings. The van der Waals surface area contributed by atoms with E-state index < -0.39 is 6.10 Å². The van der Waals surface area contributed by atoms with Gasteiger partial charge in [-0.1, -0.05) is 0 Å². The summed E-state index contributed by atoms with van der Waals surface area (Å²) in [4.78, 5) is 1.93. The van der Waals surface area contributed by atoms with Crippen LogP contribution >= 0.6 is 0 Å². The summed E-state index contributed by atoms with van der Waals surface area (Å²) < 4.78 is 5.45. The molecule has 0 heterocycles. The summed E-state index contributed by atoms with van der Waals surface area (Å²) in [5.41, 5.74) is -0.216. The van der Waals surface area contributed by atoms with Crippen LogP contribution in [0.2, 0.25) is 0 Å². The quantitative estimate of drug-likeness (QED) is 0.717. The Hall–Kier alpha value is -0.630. The van der Waals surface area contributed by atoms with E-state index in [0.717, 1.165) is 0 Å². The molecular formula is C11H22N2O2. The Morgan fingerprint density at radius 1 is 1.47 bits per heavy atom. The average molecular weight is 214 g/mol. The molecule has 0 aromatic carbocycles. The van der Waals surface area contributed by atoms with Crippen LogP contribution in [-0.2, 0) is 4.74 Å². The van der Waals surface area contributed by atoms with E-state index in [0.29, 0.717) is 26.1 Å². The topological polar surface area (TPSA) is 56.5 Å². The van der Waals surface area contributed by atoms with Crippen molar-refractivity contribution in [3.63, 3.8) is 0 Å². The maximum atomic E-state index is 9.63. The molecule has 0 aromatic heterocycles. The number of hydrogen-bond donors (Lipinski definition) is 1. The Bertz CT molecular complexity index is 206. The average Bonchev–Trinajstić information content (AvgIpc) is 2.10. The summed E-state index contributed by atoms with van der Waals surface area (Å²) in [7, 11) is 1.89. The van der Waals surface area contributed by atoms with Crippen molar-refractivity contribution < 1.29 is 9.84 Å². The summed E-state index contributed by atoms with van der Waals surface area (Å²) in [6.45, 7) is 7.43. The zero-order valence-corrected chi connectivity index (χ0v) is 10.2. The molecule has 0 aliphatic carbocycles. The number of ether oxygens (including phenoxy) is 1. The third-order valence-electron chi connectivity index (χ3n) is 1.84. The first-order valence-corrected chi connectivity index (χ1v) is 5.22. The van der Waals surface area contributed by atoms with Crippen LogP contribution in [0.4, 0.5) is 0 Å². The highest BCUT2D eigenvalue weighted by molar-refractivity contribution is 4.72. The highest BCUT2D eigenvalue weighted by atomic mass is 16.5. The summed E-state index contributed by atoms with van der Waals surface area (Å²) >= 11 is 0. The lowest BCUT2D eigenvalue weighted by molar-refractivity contribution is -0.0545. The smallest absolute Gasteiger partial charge is 0.0900 e. The number of likely N-dealkylation sites (N-methyl/N-ethyl adjacent to an activating group) is 1. The Labute approximate surface area is 92.4 Å². The van der Waals surface area contributed by atoms with Crippen molar-refractivity contribution in [3.05, 3.63) is 0 Å². The third-order valence-corrected chi connectivity index (χ3v) is 1.84. The van der Waals surface area contributed by atoms with Crippen molar-refractivity contribution in [1.82, 2.24) is 4.90 Å². The summed E-state index contributed by atoms with van der Waals surface area (Å²) in [6, 6.07) is 2.07. The molecule has 88 valence electrons. The first-order valence-electron chi connectivity index (χ1n) is 5.22. The molecule has 15 heavy (non-hydrogen) atoms. The minimum Gasteiger partial charge on any atom is -0.389 e. The van der Waals surface area contributed by atoms with Gasteiger partial charge in [-0.3, -0.25) is 0 Å². The number of aliphatic hydroxyl groups is 1. The van der Waals surface area contributed by atoms with Crippen LogP contribution in [0.25, 0.3) is 0 Å². The lowest BCUT2D eigenvalue weighted by Gasteiger charge is -2.24. The minimum atomic E-state index is -0.493. The number of aliphatic hydroxyl groups excluding tert-OH is 1. The molecule has 0 saturated carbocycles. The minimum absolute atomic E-state index is 0.216. The van der Waals surface area contributed by atoms with Crippen LogP contribution in [0.1, 0.15) is 27.2 Å². The molecule has 1 unspecified atom stereocenters. The van der Waals surface area contributed by atoms with Crippen LogP contribution in [0.15, 0.2) is 0 Å². The normalized spacial score (nSPS) is 13.9. The number of hydrogen-bond acceptors (Lipinski definition) is 4. The van der Waals surface area contributed by atoms with E-state index in [4.69, 9.17) is 10.00 Å². The first-order chi connectivity index (χ1) is 6.85. The number of nitriles is 1. The standard InChI is InChI=1S/C11H22N2O2/c1-11(2,3)15-9-10(14)8-13(4)7-5-6-12/h10,14H,5,7-9H2,1-4H3. The van der Waals surface area contributed by atoms with Crippen molar-refractivity contribution in [2.45, 2.75) is 38.9 Å². The molecule has 0 radical (unpaired) electrons. The highest BCUT2D eigenvalue weighted by Gasteiger charge is 2.14. The fourth-order valence-corrected chi connectivity index (χ4v) is 1.09. The fourth-order valence-electron chi connectivity index (χ4n) is 1.09. The second kappa shape index (κ2) is 6.78. The Morgan fingerprint density at radius 3 is 2.53 bits per heavy atom. The predicted molar refractivity (Wildman–Crippen MR) is 59.4 cm³/mol. The van der Waals surface area contributed by atoms with E-state index in [9.17, 15) is 5.11 Å². The summed E-state index contributed by atoms with van der Waals surface area (Å²) in [6.07, 6.45) is -0.00324. The Kier molecular flexibility index (Phi) is 6.50. The number of nitrogens with zero attached hydrogens (tertiary/aromatic N) is 2. The van der Waals surface area contributed by atoms with E-state index in [1.165, 1.54) is 0 Å². The maximum absolute atomic E-state index is 9.63. The number of rotatable bonds is 6. The molecule has 0 spiro atoms. The van der Waals surface area contributed by atoms with Gasteiger partial charge in [0.2, 0.25) is 0 Å². The molecule has 0 rings (SSSR count). The van der Waals surface area contributed by atoms with Gasteiger partial charge in [-0.05, 0) is 27.8 Å². The molecule has 0 aliphatic heterocycles. The van der Waals surface area contributed by atoms with Gasteiger partial charge in [-0.25, -0.2) is 0 Å². The van der Waals surface area contributed by atoms with Crippen molar-refractivity contribution >= 4 is 0 Å². The highest BCUT2D eigenvalue weighted by Crippen LogP contribution is 2.07. The fraction of sp³-hybridized carbons (Fsp3) is 0.909. The van der Waals surface area contributed by atoms with Crippen molar-refractivity contribution in [2.75, 3.05) is 26.7 Å². The van der Waals surface area contributed by atoms with Crippen LogP contribution in [0.5, 0.6) is 0 Å². The maximum Gasteiger partial charge on any atom is 0.0900 e. The Morgan fingerprint density at radius 2 is 2.07 bits per heavy atom. The van der Waals surface area contributed by atoms with Crippen molar-refractivity contribution in [1.29, 1.82) is 5.26 Å². The van der Waals surface area contributed by atoms with Gasteiger partial charge < -0.3 is 14.7 Å². The largest absolute Gasteiger partial charge is 0.389 e. The molecule has 1 N–H and O–H groups in total. The molecule has 0 amide bonds. The summed E-state index contributed by atoms with van der Waals surface area (Å²) in [5.74, 6) is 0. The van der Waals surface area contributed by atoms with Gasteiger partial charge in [-0.15, -0.1) is 0 Å². The second-order valence-electron chi connectivity index (χ2n) is 4.75. The molecule has 4 nitrogen and oxygen atoms in total. The van der Waals surface area contributed by atoms with Crippen LogP contribution in [0.3, 0.4) is 0 Å². The molecule has 0 bridgehead atoms. The van der Waals surface area contributed by atoms with E-state index >= 15 is 0 Å². The van der Waals surface area contributed by atoms with Gasteiger partial charge in [0.05, 0.1) is 24.4 Å². The van der Waals surface area contributed by atoms with Gasteiger partial charge >= 0.3 is 0 Å². The van der Waals surface area contributed by atoms with Gasteiger partial charge in [-0.2, -0.15) is 5.26 Å². The lowest BCUT2D eigenvalue weighted by Crippen LogP contribution is -2.35. The van der Waals surface area contributed by atoms with Gasteiger partial charge in [0.15, 0.2) is 0 Å². The van der Waals surface area contributed by atoms with Crippen LogP contribution < -0.4 is 0 Å². The zero-order chi connectivity index (χ0) is 11.9. The monoisotopic (exact) mass is 214 g/mol. The zero-order valence-electron chi connectivity index (χ0n) is 10.2. The van der Waals surface area contributed by atoms with E-state index in [-0.39, 0.29) is 5.60 Å². The van der Waals surface area contributed by atoms with E-state index in [1.807, 2.05) is 32.7 Å². The molecule has 0 aliphatic rings. The first kappa shape index (κ1) is 14.4. The Balaban J connectivity index is 3.65. The van der Waals surface area contributed by atoms with E-state index in [2.05, 4.69) is 6.07 Å². The SMILES string of the molecule is CN(CCC#N)CC(O)COC(C)(C)C. The van der Waals surface area contributed by atoms with Crippen LogP contribution in [0, 0.1) is 11.3 Å². The second-order valence-corrected chi connectivity index (χ2v) is 4.75. The van der Waals surface area contributed by atoms with Gasteiger partial charge in [0.1, 0.15) is 0 Å².